The minimum atomic E-state index is -0.513. The fourth-order valence-electron chi connectivity index (χ4n) is 3.36. The van der Waals surface area contributed by atoms with Gasteiger partial charge < -0.3 is 10.7 Å². The van der Waals surface area contributed by atoms with Crippen molar-refractivity contribution in [2.24, 2.45) is 11.7 Å². The minimum Gasteiger partial charge on any atom is -0.326 e. The molecule has 2 atom stereocenters. The normalized spacial score (nSPS) is 29.4. The summed E-state index contributed by atoms with van der Waals surface area (Å²) < 4.78 is 0. The molecular formula is C16H22N2O. The Morgan fingerprint density at radius 2 is 2.11 bits per heavy atom. The zero-order chi connectivity index (χ0) is 14.2. The van der Waals surface area contributed by atoms with Gasteiger partial charge in [0.1, 0.15) is 0 Å². The van der Waals surface area contributed by atoms with Crippen LogP contribution in [0.5, 0.6) is 0 Å². The van der Waals surface area contributed by atoms with E-state index in [9.17, 15) is 4.79 Å². The molecule has 3 N–H and O–H groups in total. The van der Waals surface area contributed by atoms with Crippen LogP contribution in [0.4, 0.5) is 0 Å². The predicted molar refractivity (Wildman–Crippen MR) is 79.0 cm³/mol. The number of aromatic nitrogens is 1. The summed E-state index contributed by atoms with van der Waals surface area (Å²) in [4.78, 5) is 14.2. The van der Waals surface area contributed by atoms with Gasteiger partial charge in [0.15, 0.2) is 0 Å². The van der Waals surface area contributed by atoms with Gasteiger partial charge in [0.2, 0.25) is 5.56 Å². The van der Waals surface area contributed by atoms with Crippen LogP contribution in [0, 0.1) is 12.8 Å². The van der Waals surface area contributed by atoms with Crippen LogP contribution in [-0.2, 0) is 5.54 Å². The maximum atomic E-state index is 11.4. The van der Waals surface area contributed by atoms with Gasteiger partial charge in [0.05, 0.1) is 5.54 Å². The second kappa shape index (κ2) is 4.82. The molecule has 3 heteroatoms. The van der Waals surface area contributed by atoms with Gasteiger partial charge in [0, 0.05) is 11.8 Å². The van der Waals surface area contributed by atoms with Crippen molar-refractivity contribution in [3.05, 3.63) is 57.0 Å². The van der Waals surface area contributed by atoms with Gasteiger partial charge >= 0.3 is 0 Å². The molecule has 0 aliphatic heterocycles. The molecule has 1 aliphatic rings. The molecule has 0 saturated carbocycles. The van der Waals surface area contributed by atoms with E-state index in [1.54, 1.807) is 6.07 Å². The highest BCUT2D eigenvalue weighted by Crippen LogP contribution is 2.42. The van der Waals surface area contributed by atoms with Crippen LogP contribution in [0.3, 0.4) is 0 Å². The lowest BCUT2D eigenvalue weighted by Gasteiger charge is -2.40. The summed E-state index contributed by atoms with van der Waals surface area (Å²) in [5, 5.41) is 0. The van der Waals surface area contributed by atoms with E-state index in [0.29, 0.717) is 5.92 Å². The van der Waals surface area contributed by atoms with Gasteiger partial charge in [-0.3, -0.25) is 4.79 Å². The smallest absolute Gasteiger partial charge is 0.248 e. The van der Waals surface area contributed by atoms with Crippen LogP contribution in [0.15, 0.2) is 40.2 Å². The summed E-state index contributed by atoms with van der Waals surface area (Å²) in [5.41, 5.74) is 10.5. The fourth-order valence-corrected chi connectivity index (χ4v) is 3.36. The average Bonchev–Trinajstić information content (AvgIpc) is 2.27. The van der Waals surface area contributed by atoms with Crippen molar-refractivity contribution in [1.29, 1.82) is 0 Å². The first-order valence-electron chi connectivity index (χ1n) is 6.71. The van der Waals surface area contributed by atoms with E-state index in [0.717, 1.165) is 17.7 Å². The Balaban J connectivity index is 2.63. The molecule has 1 heterocycles. The van der Waals surface area contributed by atoms with Gasteiger partial charge in [-0.1, -0.05) is 24.6 Å². The fraction of sp³-hybridized carbons (Fsp3) is 0.438. The van der Waals surface area contributed by atoms with Gasteiger partial charge in [-0.2, -0.15) is 0 Å². The number of hydrogen-bond acceptors (Lipinski definition) is 2. The zero-order valence-corrected chi connectivity index (χ0v) is 12.1. The number of nitrogens with two attached hydrogens (primary N) is 1. The Kier molecular flexibility index (Phi) is 3.50. The number of H-pyrrole nitrogens is 1. The Labute approximate surface area is 114 Å². The van der Waals surface area contributed by atoms with Gasteiger partial charge in [-0.25, -0.2) is 0 Å². The van der Waals surface area contributed by atoms with Crippen LogP contribution >= 0.6 is 0 Å². The molecule has 0 bridgehead atoms. The van der Waals surface area contributed by atoms with Crippen LogP contribution < -0.4 is 11.3 Å². The zero-order valence-electron chi connectivity index (χ0n) is 12.1. The number of hydrogen-bond donors (Lipinski definition) is 2. The molecule has 1 aromatic rings. The van der Waals surface area contributed by atoms with Crippen LogP contribution in [-0.4, -0.2) is 4.98 Å². The molecule has 1 aromatic heterocycles. The second-order valence-electron chi connectivity index (χ2n) is 5.56. The van der Waals surface area contributed by atoms with Gasteiger partial charge in [-0.15, -0.1) is 0 Å². The lowest BCUT2D eigenvalue weighted by Crippen LogP contribution is -2.44. The van der Waals surface area contributed by atoms with Crippen molar-refractivity contribution in [2.45, 2.75) is 39.7 Å². The molecular weight excluding hydrogens is 236 g/mol. The molecule has 3 nitrogen and oxygen atoms in total. The molecule has 1 aliphatic carbocycles. The van der Waals surface area contributed by atoms with Crippen molar-refractivity contribution in [2.75, 3.05) is 0 Å². The van der Waals surface area contributed by atoms with E-state index >= 15 is 0 Å². The van der Waals surface area contributed by atoms with Crippen LogP contribution in [0.25, 0.3) is 0 Å². The predicted octanol–water partition coefficient (Wildman–Crippen LogP) is 2.77. The third-order valence-electron chi connectivity index (χ3n) is 4.01. The van der Waals surface area contributed by atoms with Gasteiger partial charge in [-0.05, 0) is 50.3 Å². The van der Waals surface area contributed by atoms with Gasteiger partial charge in [0.25, 0.3) is 0 Å². The number of nitrogens with one attached hydrogen (secondary N) is 1. The number of aromatic amines is 1. The molecule has 102 valence electrons. The second-order valence-corrected chi connectivity index (χ2v) is 5.56. The standard InChI is InChI=1S/C16H22N2O/c1-5-13-11(3)8-10(2)9-16(13,17)14-6-7-15(19)18-12(14)4/h5-8,11H,9,17H2,1-4H3,(H,18,19)/b13-5+/t11?,16-/m0/s1. The van der Waals surface area contributed by atoms with E-state index in [4.69, 9.17) is 5.73 Å². The number of pyridine rings is 1. The van der Waals surface area contributed by atoms with E-state index in [2.05, 4.69) is 31.0 Å². The largest absolute Gasteiger partial charge is 0.326 e. The maximum Gasteiger partial charge on any atom is 0.248 e. The first-order valence-corrected chi connectivity index (χ1v) is 6.71. The molecule has 0 radical (unpaired) electrons. The molecule has 0 saturated heterocycles. The first-order chi connectivity index (χ1) is 8.88. The van der Waals surface area contributed by atoms with Crippen molar-refractivity contribution >= 4 is 0 Å². The van der Waals surface area contributed by atoms with Crippen LogP contribution in [0.2, 0.25) is 0 Å². The summed E-state index contributed by atoms with van der Waals surface area (Å²) in [6.45, 7) is 8.23. The Morgan fingerprint density at radius 1 is 1.42 bits per heavy atom. The maximum absolute atomic E-state index is 11.4. The Morgan fingerprint density at radius 3 is 2.68 bits per heavy atom. The third kappa shape index (κ3) is 2.30. The van der Waals surface area contributed by atoms with Crippen molar-refractivity contribution in [1.82, 2.24) is 4.98 Å². The monoisotopic (exact) mass is 258 g/mol. The van der Waals surface area contributed by atoms with Crippen LogP contribution in [0.1, 0.15) is 38.4 Å². The van der Waals surface area contributed by atoms with E-state index in [1.165, 1.54) is 11.1 Å². The van der Waals surface area contributed by atoms with Crippen molar-refractivity contribution in [3.63, 3.8) is 0 Å². The molecule has 1 unspecified atom stereocenters. The topological polar surface area (TPSA) is 58.9 Å². The van der Waals surface area contributed by atoms with Crippen molar-refractivity contribution in [3.8, 4) is 0 Å². The summed E-state index contributed by atoms with van der Waals surface area (Å²) in [7, 11) is 0. The molecule has 0 fully saturated rings. The third-order valence-corrected chi connectivity index (χ3v) is 4.01. The van der Waals surface area contributed by atoms with E-state index in [-0.39, 0.29) is 5.56 Å². The quantitative estimate of drug-likeness (QED) is 0.761. The van der Waals surface area contributed by atoms with E-state index < -0.39 is 5.54 Å². The summed E-state index contributed by atoms with van der Waals surface area (Å²) in [5.74, 6) is 0.329. The highest BCUT2D eigenvalue weighted by atomic mass is 16.1. The highest BCUT2D eigenvalue weighted by Gasteiger charge is 2.37. The van der Waals surface area contributed by atoms with E-state index in [1.807, 2.05) is 19.9 Å². The molecule has 19 heavy (non-hydrogen) atoms. The Hall–Kier alpha value is -1.61. The molecule has 0 amide bonds. The summed E-state index contributed by atoms with van der Waals surface area (Å²) in [6, 6.07) is 3.42. The molecule has 0 aromatic carbocycles. The number of allylic oxidation sites excluding steroid dienone is 2. The van der Waals surface area contributed by atoms with Crippen molar-refractivity contribution < 1.29 is 0 Å². The first kappa shape index (κ1) is 13.8. The minimum absolute atomic E-state index is 0.0806. The summed E-state index contributed by atoms with van der Waals surface area (Å²) in [6.07, 6.45) is 5.17. The SMILES string of the molecule is C/C=C1\C(C)C=C(C)C[C@@]1(N)c1ccc(=O)[nH]c1C. The lowest BCUT2D eigenvalue weighted by molar-refractivity contribution is 0.453. The average molecular weight is 258 g/mol. The number of aryl methyl sites for hydroxylation is 1. The highest BCUT2D eigenvalue weighted by molar-refractivity contribution is 5.43. The number of rotatable bonds is 1. The Bertz CT molecular complexity index is 609. The molecule has 2 rings (SSSR count). The lowest BCUT2D eigenvalue weighted by atomic mass is 9.69. The molecule has 0 spiro atoms. The summed E-state index contributed by atoms with van der Waals surface area (Å²) >= 11 is 0.